The average molecular weight is 422 g/mol. The lowest BCUT2D eigenvalue weighted by molar-refractivity contribution is -0.137. The Balaban J connectivity index is 1.66. The van der Waals surface area contributed by atoms with Gasteiger partial charge in [-0.15, -0.1) is 0 Å². The molecule has 3 rings (SSSR count). The maximum absolute atomic E-state index is 12.7. The first-order valence-corrected chi connectivity index (χ1v) is 11.1. The first-order chi connectivity index (χ1) is 12.3. The number of carbonyl (C=O) groups is 1. The Morgan fingerprint density at radius 3 is 2.69 bits per heavy atom. The monoisotopic (exact) mass is 421 g/mol. The molecule has 1 amide bonds. The van der Waals surface area contributed by atoms with Gasteiger partial charge < -0.3 is 14.4 Å². The molecule has 1 aromatic rings. The highest BCUT2D eigenvalue weighted by Gasteiger charge is 2.36. The first-order valence-electron chi connectivity index (χ1n) is 8.53. The summed E-state index contributed by atoms with van der Waals surface area (Å²) in [6.45, 7) is 0.875. The van der Waals surface area contributed by atoms with Crippen molar-refractivity contribution in [3.8, 4) is 5.75 Å². The molecular weight excluding hydrogens is 401 g/mol. The summed E-state index contributed by atoms with van der Waals surface area (Å²) in [5.41, 5.74) is 0. The van der Waals surface area contributed by atoms with Crippen LogP contribution < -0.4 is 4.74 Å². The second kappa shape index (κ2) is 8.33. The fraction of sp³-hybridized carbons (Fsp3) is 0.588. The van der Waals surface area contributed by atoms with Crippen LogP contribution in [0.2, 0.25) is 10.0 Å². The van der Waals surface area contributed by atoms with Gasteiger partial charge in [0, 0.05) is 25.3 Å². The summed E-state index contributed by atoms with van der Waals surface area (Å²) in [6.07, 6.45) is 2.23. The van der Waals surface area contributed by atoms with E-state index in [1.165, 1.54) is 0 Å². The van der Waals surface area contributed by atoms with Crippen molar-refractivity contribution in [2.24, 2.45) is 0 Å². The number of benzene rings is 1. The van der Waals surface area contributed by atoms with E-state index in [-0.39, 0.29) is 36.2 Å². The Bertz CT molecular complexity index is 764. The summed E-state index contributed by atoms with van der Waals surface area (Å²) >= 11 is 11.8. The zero-order chi connectivity index (χ0) is 18.7. The highest BCUT2D eigenvalue weighted by molar-refractivity contribution is 7.91. The lowest BCUT2D eigenvalue weighted by Gasteiger charge is -2.30. The van der Waals surface area contributed by atoms with E-state index >= 15 is 0 Å². The van der Waals surface area contributed by atoms with Crippen LogP contribution in [0.3, 0.4) is 0 Å². The van der Waals surface area contributed by atoms with Crippen molar-refractivity contribution in [3.63, 3.8) is 0 Å². The van der Waals surface area contributed by atoms with E-state index in [1.807, 2.05) is 0 Å². The molecule has 2 fully saturated rings. The SMILES string of the molecule is O=C(COc1ccc(Cl)c(Cl)c1)N(C[C@@H]1CCCO1)[C@@H]1CCS(=O)(=O)C1. The van der Waals surface area contributed by atoms with E-state index in [9.17, 15) is 13.2 Å². The molecule has 0 bridgehead atoms. The Kier molecular flexibility index (Phi) is 6.33. The molecule has 0 saturated carbocycles. The third-order valence-corrected chi connectivity index (χ3v) is 7.14. The number of rotatable bonds is 6. The molecule has 144 valence electrons. The lowest BCUT2D eigenvalue weighted by atomic mass is 10.1. The van der Waals surface area contributed by atoms with E-state index in [0.29, 0.717) is 35.4 Å². The van der Waals surface area contributed by atoms with E-state index in [0.717, 1.165) is 12.8 Å². The molecule has 0 N–H and O–H groups in total. The molecule has 0 aliphatic carbocycles. The van der Waals surface area contributed by atoms with Crippen LogP contribution in [0.1, 0.15) is 19.3 Å². The fourth-order valence-corrected chi connectivity index (χ4v) is 5.30. The highest BCUT2D eigenvalue weighted by Crippen LogP contribution is 2.27. The van der Waals surface area contributed by atoms with Crippen LogP contribution in [0.25, 0.3) is 0 Å². The molecule has 2 heterocycles. The van der Waals surface area contributed by atoms with Crippen LogP contribution in [0, 0.1) is 0 Å². The van der Waals surface area contributed by atoms with Crippen molar-refractivity contribution in [2.75, 3.05) is 31.3 Å². The summed E-state index contributed by atoms with van der Waals surface area (Å²) < 4.78 is 34.8. The molecule has 1 aromatic carbocycles. The Hall–Kier alpha value is -1.02. The van der Waals surface area contributed by atoms with Crippen molar-refractivity contribution in [1.29, 1.82) is 0 Å². The lowest BCUT2D eigenvalue weighted by Crippen LogP contribution is -2.47. The van der Waals surface area contributed by atoms with Gasteiger partial charge in [0.15, 0.2) is 16.4 Å². The predicted molar refractivity (Wildman–Crippen MR) is 99.7 cm³/mol. The normalized spacial score (nSPS) is 24.5. The van der Waals surface area contributed by atoms with Gasteiger partial charge in [0.1, 0.15) is 5.75 Å². The summed E-state index contributed by atoms with van der Waals surface area (Å²) in [5.74, 6) is 0.288. The molecule has 0 spiro atoms. The van der Waals surface area contributed by atoms with Gasteiger partial charge in [0.25, 0.3) is 5.91 Å². The number of hydrogen-bond donors (Lipinski definition) is 0. The van der Waals surface area contributed by atoms with Crippen LogP contribution in [-0.2, 0) is 19.4 Å². The molecule has 2 aliphatic heterocycles. The summed E-state index contributed by atoms with van der Waals surface area (Å²) in [4.78, 5) is 14.4. The summed E-state index contributed by atoms with van der Waals surface area (Å²) in [5, 5.41) is 0.747. The van der Waals surface area contributed by atoms with Crippen molar-refractivity contribution >= 4 is 38.9 Å². The predicted octanol–water partition coefficient (Wildman–Crippen LogP) is 2.57. The van der Waals surface area contributed by atoms with E-state index in [4.69, 9.17) is 32.7 Å². The zero-order valence-corrected chi connectivity index (χ0v) is 16.5. The maximum Gasteiger partial charge on any atom is 0.260 e. The Morgan fingerprint density at radius 2 is 2.08 bits per heavy atom. The number of ether oxygens (including phenoxy) is 2. The molecule has 0 unspecified atom stereocenters. The summed E-state index contributed by atoms with van der Waals surface area (Å²) in [6, 6.07) is 4.44. The number of carbonyl (C=O) groups excluding carboxylic acids is 1. The van der Waals surface area contributed by atoms with Gasteiger partial charge in [-0.1, -0.05) is 23.2 Å². The van der Waals surface area contributed by atoms with Crippen LogP contribution in [0.4, 0.5) is 0 Å². The van der Waals surface area contributed by atoms with Crippen molar-refractivity contribution in [2.45, 2.75) is 31.4 Å². The van der Waals surface area contributed by atoms with Crippen LogP contribution in [-0.4, -0.2) is 62.6 Å². The first kappa shape index (κ1) is 19.7. The van der Waals surface area contributed by atoms with Gasteiger partial charge >= 0.3 is 0 Å². The van der Waals surface area contributed by atoms with Crippen molar-refractivity contribution in [3.05, 3.63) is 28.2 Å². The third kappa shape index (κ3) is 5.03. The van der Waals surface area contributed by atoms with E-state index < -0.39 is 9.84 Å². The fourth-order valence-electron chi connectivity index (χ4n) is 3.28. The van der Waals surface area contributed by atoms with Crippen molar-refractivity contribution in [1.82, 2.24) is 4.90 Å². The van der Waals surface area contributed by atoms with Gasteiger partial charge in [-0.05, 0) is 31.4 Å². The maximum atomic E-state index is 12.7. The number of hydrogen-bond acceptors (Lipinski definition) is 5. The minimum atomic E-state index is -3.09. The Labute approximate surface area is 163 Å². The number of halogens is 2. The minimum absolute atomic E-state index is 0.00175. The van der Waals surface area contributed by atoms with E-state index in [1.54, 1.807) is 23.1 Å². The van der Waals surface area contributed by atoms with Crippen molar-refractivity contribution < 1.29 is 22.7 Å². The molecule has 9 heteroatoms. The molecule has 6 nitrogen and oxygen atoms in total. The number of nitrogens with zero attached hydrogens (tertiary/aromatic N) is 1. The summed E-state index contributed by atoms with van der Waals surface area (Å²) in [7, 11) is -3.09. The van der Waals surface area contributed by atoms with Gasteiger partial charge in [-0.25, -0.2) is 8.42 Å². The topological polar surface area (TPSA) is 72.9 Å². The van der Waals surface area contributed by atoms with Crippen LogP contribution >= 0.6 is 23.2 Å². The largest absolute Gasteiger partial charge is 0.484 e. The molecule has 0 aromatic heterocycles. The standard InChI is InChI=1S/C17H21Cl2NO5S/c18-15-4-3-13(8-16(15)19)25-10-17(21)20(9-14-2-1-6-24-14)12-5-7-26(22,23)11-12/h3-4,8,12,14H,1-2,5-7,9-11H2/t12-,14+/m1/s1. The van der Waals surface area contributed by atoms with Gasteiger partial charge in [0.05, 0.1) is 27.7 Å². The van der Waals surface area contributed by atoms with Crippen LogP contribution in [0.15, 0.2) is 18.2 Å². The Morgan fingerprint density at radius 1 is 1.27 bits per heavy atom. The van der Waals surface area contributed by atoms with E-state index in [2.05, 4.69) is 0 Å². The van der Waals surface area contributed by atoms with Gasteiger partial charge in [-0.2, -0.15) is 0 Å². The van der Waals surface area contributed by atoms with Gasteiger partial charge in [-0.3, -0.25) is 4.79 Å². The molecule has 2 aliphatic rings. The highest BCUT2D eigenvalue weighted by atomic mass is 35.5. The van der Waals surface area contributed by atoms with Gasteiger partial charge in [0.2, 0.25) is 0 Å². The zero-order valence-electron chi connectivity index (χ0n) is 14.2. The molecule has 2 saturated heterocycles. The number of sulfone groups is 1. The molecular formula is C17H21Cl2NO5S. The molecule has 26 heavy (non-hydrogen) atoms. The third-order valence-electron chi connectivity index (χ3n) is 4.65. The second-order valence-electron chi connectivity index (χ2n) is 6.60. The smallest absolute Gasteiger partial charge is 0.260 e. The second-order valence-corrected chi connectivity index (χ2v) is 9.65. The quantitative estimate of drug-likeness (QED) is 0.705. The molecule has 0 radical (unpaired) electrons. The average Bonchev–Trinajstić information content (AvgIpc) is 3.22. The number of amides is 1. The minimum Gasteiger partial charge on any atom is -0.484 e. The van der Waals surface area contributed by atoms with Crippen LogP contribution in [0.5, 0.6) is 5.75 Å². The molecule has 2 atom stereocenters.